The van der Waals surface area contributed by atoms with Crippen molar-refractivity contribution in [2.45, 2.75) is 13.2 Å². The van der Waals surface area contributed by atoms with Crippen LogP contribution in [0.1, 0.15) is 11.1 Å². The van der Waals surface area contributed by atoms with Gasteiger partial charge >= 0.3 is 0 Å². The SMILES string of the molecule is COc1ccc(NCc2cc(Cl)ccc2OCc2c(Cl)cccc2Cl)cc1Cl. The van der Waals surface area contributed by atoms with Gasteiger partial charge in [-0.2, -0.15) is 0 Å². The van der Waals surface area contributed by atoms with Gasteiger partial charge in [0.15, 0.2) is 0 Å². The second-order valence-corrected chi connectivity index (χ2v) is 7.60. The van der Waals surface area contributed by atoms with E-state index < -0.39 is 0 Å². The number of hydrogen-bond donors (Lipinski definition) is 1. The average Bonchev–Trinajstić information content (AvgIpc) is 2.67. The first-order valence-corrected chi connectivity index (χ1v) is 9.90. The number of benzene rings is 3. The third-order valence-corrected chi connectivity index (χ3v) is 5.33. The molecule has 0 heterocycles. The number of ether oxygens (including phenoxy) is 2. The van der Waals surface area contributed by atoms with Crippen molar-refractivity contribution < 1.29 is 9.47 Å². The highest BCUT2D eigenvalue weighted by molar-refractivity contribution is 6.36. The van der Waals surface area contributed by atoms with Gasteiger partial charge in [0, 0.05) is 38.4 Å². The lowest BCUT2D eigenvalue weighted by atomic mass is 10.2. The van der Waals surface area contributed by atoms with Gasteiger partial charge in [-0.15, -0.1) is 0 Å². The highest BCUT2D eigenvalue weighted by Gasteiger charge is 2.10. The predicted molar refractivity (Wildman–Crippen MR) is 118 cm³/mol. The maximum Gasteiger partial charge on any atom is 0.137 e. The second kappa shape index (κ2) is 9.62. The zero-order valence-corrected chi connectivity index (χ0v) is 18.0. The van der Waals surface area contributed by atoms with Crippen LogP contribution in [0.15, 0.2) is 54.6 Å². The molecule has 0 aliphatic heterocycles. The summed E-state index contributed by atoms with van der Waals surface area (Å²) in [5.74, 6) is 1.31. The summed E-state index contributed by atoms with van der Waals surface area (Å²) in [5.41, 5.74) is 2.48. The van der Waals surface area contributed by atoms with Gasteiger partial charge in [-0.05, 0) is 48.5 Å². The summed E-state index contributed by atoms with van der Waals surface area (Å²) in [4.78, 5) is 0. The highest BCUT2D eigenvalue weighted by Crippen LogP contribution is 2.30. The number of rotatable bonds is 7. The zero-order chi connectivity index (χ0) is 20.1. The summed E-state index contributed by atoms with van der Waals surface area (Å²) in [5, 5.41) is 5.59. The minimum Gasteiger partial charge on any atom is -0.495 e. The van der Waals surface area contributed by atoms with E-state index in [1.165, 1.54) is 0 Å². The second-order valence-electron chi connectivity index (χ2n) is 5.94. The normalized spacial score (nSPS) is 10.6. The Morgan fingerprint density at radius 3 is 2.21 bits per heavy atom. The molecule has 0 radical (unpaired) electrons. The van der Waals surface area contributed by atoms with Gasteiger partial charge in [-0.3, -0.25) is 0 Å². The molecule has 0 saturated heterocycles. The molecule has 3 nitrogen and oxygen atoms in total. The minimum absolute atomic E-state index is 0.251. The number of methoxy groups -OCH3 is 1. The van der Waals surface area contributed by atoms with Crippen molar-refractivity contribution in [3.05, 3.63) is 85.8 Å². The number of halogens is 4. The molecule has 0 aromatic heterocycles. The molecule has 3 rings (SSSR count). The van der Waals surface area contributed by atoms with E-state index in [9.17, 15) is 0 Å². The lowest BCUT2D eigenvalue weighted by Gasteiger charge is -2.15. The number of hydrogen-bond acceptors (Lipinski definition) is 3. The Bertz CT molecular complexity index is 958. The van der Waals surface area contributed by atoms with E-state index in [2.05, 4.69) is 5.32 Å². The van der Waals surface area contributed by atoms with E-state index in [4.69, 9.17) is 55.9 Å². The standard InChI is InChI=1S/C21H17Cl4NO2/c1-27-21-8-6-15(10-19(21)25)26-11-13-9-14(22)5-7-20(13)28-12-16-17(23)3-2-4-18(16)24/h2-10,26H,11-12H2,1H3. The van der Waals surface area contributed by atoms with E-state index in [-0.39, 0.29) is 6.61 Å². The fraction of sp³-hybridized carbons (Fsp3) is 0.143. The predicted octanol–water partition coefficient (Wildman–Crippen LogP) is 7.50. The van der Waals surface area contributed by atoms with Crippen LogP contribution >= 0.6 is 46.4 Å². The Kier molecular flexibility index (Phi) is 7.19. The van der Waals surface area contributed by atoms with Crippen LogP contribution in [0.2, 0.25) is 20.1 Å². The van der Waals surface area contributed by atoms with Gasteiger partial charge in [0.05, 0.1) is 12.1 Å². The van der Waals surface area contributed by atoms with Crippen LogP contribution in [0, 0.1) is 0 Å². The fourth-order valence-electron chi connectivity index (χ4n) is 2.62. The average molecular weight is 457 g/mol. The summed E-state index contributed by atoms with van der Waals surface area (Å²) in [6.07, 6.45) is 0. The Labute approximate surface area is 184 Å². The first-order valence-electron chi connectivity index (χ1n) is 8.39. The molecule has 0 bridgehead atoms. The van der Waals surface area contributed by atoms with Crippen molar-refractivity contribution in [3.63, 3.8) is 0 Å². The molecule has 0 atom stereocenters. The van der Waals surface area contributed by atoms with Gasteiger partial charge < -0.3 is 14.8 Å². The van der Waals surface area contributed by atoms with E-state index in [1.807, 2.05) is 18.2 Å². The molecule has 3 aromatic rings. The molecular weight excluding hydrogens is 440 g/mol. The maximum absolute atomic E-state index is 6.22. The monoisotopic (exact) mass is 455 g/mol. The smallest absolute Gasteiger partial charge is 0.137 e. The first kappa shape index (κ1) is 20.9. The molecule has 0 unspecified atom stereocenters. The molecule has 0 spiro atoms. The largest absolute Gasteiger partial charge is 0.495 e. The number of nitrogens with one attached hydrogen (secondary N) is 1. The molecule has 0 amide bonds. The zero-order valence-electron chi connectivity index (χ0n) is 14.9. The topological polar surface area (TPSA) is 30.5 Å². The maximum atomic E-state index is 6.22. The lowest BCUT2D eigenvalue weighted by molar-refractivity contribution is 0.303. The molecule has 0 saturated carbocycles. The van der Waals surface area contributed by atoms with Gasteiger partial charge in [0.25, 0.3) is 0 Å². The van der Waals surface area contributed by atoms with Gasteiger partial charge in [-0.25, -0.2) is 0 Å². The molecule has 3 aromatic carbocycles. The lowest BCUT2D eigenvalue weighted by Crippen LogP contribution is -2.04. The van der Waals surface area contributed by atoms with Crippen LogP contribution in [0.5, 0.6) is 11.5 Å². The molecule has 1 N–H and O–H groups in total. The summed E-state index contributed by atoms with van der Waals surface area (Å²) >= 11 is 24.8. The Morgan fingerprint density at radius 1 is 0.821 bits per heavy atom. The van der Waals surface area contributed by atoms with Crippen molar-refractivity contribution in [3.8, 4) is 11.5 Å². The van der Waals surface area contributed by atoms with Crippen LogP contribution in [-0.2, 0) is 13.2 Å². The van der Waals surface area contributed by atoms with Gasteiger partial charge in [0.1, 0.15) is 18.1 Å². The van der Waals surface area contributed by atoms with Crippen molar-refractivity contribution in [2.24, 2.45) is 0 Å². The van der Waals surface area contributed by atoms with Gasteiger partial charge in [0.2, 0.25) is 0 Å². The van der Waals surface area contributed by atoms with Crippen molar-refractivity contribution in [1.82, 2.24) is 0 Å². The highest BCUT2D eigenvalue weighted by atomic mass is 35.5. The van der Waals surface area contributed by atoms with Crippen LogP contribution in [0.4, 0.5) is 5.69 Å². The van der Waals surface area contributed by atoms with E-state index >= 15 is 0 Å². The summed E-state index contributed by atoms with van der Waals surface area (Å²) in [6, 6.07) is 16.3. The summed E-state index contributed by atoms with van der Waals surface area (Å²) in [6.45, 7) is 0.746. The third kappa shape index (κ3) is 5.18. The summed E-state index contributed by atoms with van der Waals surface area (Å²) in [7, 11) is 1.58. The molecule has 0 aliphatic carbocycles. The molecule has 7 heteroatoms. The molecule has 0 fully saturated rings. The summed E-state index contributed by atoms with van der Waals surface area (Å²) < 4.78 is 11.1. The van der Waals surface area contributed by atoms with E-state index in [0.717, 1.165) is 16.8 Å². The molecule has 146 valence electrons. The quantitative estimate of drug-likeness (QED) is 0.399. The molecule has 0 aliphatic rings. The van der Waals surface area contributed by atoms with Crippen LogP contribution < -0.4 is 14.8 Å². The van der Waals surface area contributed by atoms with Crippen LogP contribution in [0.3, 0.4) is 0 Å². The Morgan fingerprint density at radius 2 is 1.54 bits per heavy atom. The Balaban J connectivity index is 1.74. The third-order valence-electron chi connectivity index (χ3n) is 4.09. The van der Waals surface area contributed by atoms with Crippen LogP contribution in [-0.4, -0.2) is 7.11 Å². The van der Waals surface area contributed by atoms with E-state index in [1.54, 1.807) is 43.5 Å². The fourth-order valence-corrected chi connectivity index (χ4v) is 3.58. The van der Waals surface area contributed by atoms with Crippen molar-refractivity contribution >= 4 is 52.1 Å². The minimum atomic E-state index is 0.251. The van der Waals surface area contributed by atoms with Crippen molar-refractivity contribution in [1.29, 1.82) is 0 Å². The molecular formula is C21H17Cl4NO2. The Hall–Kier alpha value is -1.78. The van der Waals surface area contributed by atoms with Crippen molar-refractivity contribution in [2.75, 3.05) is 12.4 Å². The van der Waals surface area contributed by atoms with Gasteiger partial charge in [-0.1, -0.05) is 52.5 Å². The number of anilines is 1. The first-order chi connectivity index (χ1) is 13.5. The molecule has 28 heavy (non-hydrogen) atoms. The van der Waals surface area contributed by atoms with Crippen LogP contribution in [0.25, 0.3) is 0 Å². The van der Waals surface area contributed by atoms with E-state index in [0.29, 0.717) is 38.1 Å².